The Hall–Kier alpha value is -1.31. The van der Waals surface area contributed by atoms with Crippen LogP contribution < -0.4 is 0 Å². The normalized spacial score (nSPS) is 16.1. The number of piperazine rings is 1. The molecular weight excluding hydrogens is 284 g/mol. The van der Waals surface area contributed by atoms with Crippen LogP contribution in [0.3, 0.4) is 0 Å². The van der Waals surface area contributed by atoms with Crippen molar-refractivity contribution >= 4 is 21.8 Å². The number of carbonyl (C=O) groups excluding carboxylic acids is 2. The van der Waals surface area contributed by atoms with Gasteiger partial charge in [0, 0.05) is 38.9 Å². The van der Waals surface area contributed by atoms with E-state index >= 15 is 0 Å². The predicted molar refractivity (Wildman–Crippen MR) is 74.1 cm³/mol. The Bertz CT molecular complexity index is 441. The molecule has 0 radical (unpaired) electrons. The third-order valence-electron chi connectivity index (χ3n) is 3.06. The Balaban J connectivity index is 2.30. The number of amides is 2. The molecule has 0 spiro atoms. The number of carbonyl (C=O) groups is 2. The van der Waals surface area contributed by atoms with Crippen molar-refractivity contribution in [3.8, 4) is 0 Å². The summed E-state index contributed by atoms with van der Waals surface area (Å²) < 4.78 is 26.9. The number of hydrogen-bond acceptors (Lipinski definition) is 5. The van der Waals surface area contributed by atoms with Crippen LogP contribution in [0, 0.1) is 0 Å². The van der Waals surface area contributed by atoms with Crippen molar-refractivity contribution in [1.29, 1.82) is 0 Å². The van der Waals surface area contributed by atoms with E-state index in [-0.39, 0.29) is 24.2 Å². The highest BCUT2D eigenvalue weighted by Gasteiger charge is 2.24. The number of sulfone groups is 1. The van der Waals surface area contributed by atoms with E-state index < -0.39 is 9.84 Å². The number of hydrogen-bond donors (Lipinski definition) is 0. The van der Waals surface area contributed by atoms with Gasteiger partial charge in [0.15, 0.2) is 0 Å². The highest BCUT2D eigenvalue weighted by molar-refractivity contribution is 7.90. The largest absolute Gasteiger partial charge is 0.450 e. The highest BCUT2D eigenvalue weighted by atomic mass is 32.2. The van der Waals surface area contributed by atoms with Crippen LogP contribution in [-0.2, 0) is 19.4 Å². The zero-order chi connectivity index (χ0) is 15.2. The number of nitrogens with zero attached hydrogens (tertiary/aromatic N) is 2. The van der Waals surface area contributed by atoms with Gasteiger partial charge in [-0.15, -0.1) is 0 Å². The molecule has 8 heteroatoms. The van der Waals surface area contributed by atoms with Gasteiger partial charge in [-0.3, -0.25) is 4.79 Å². The molecular formula is C12H22N2O5S. The fourth-order valence-electron chi connectivity index (χ4n) is 2.00. The zero-order valence-electron chi connectivity index (χ0n) is 12.0. The maximum Gasteiger partial charge on any atom is 0.409 e. The van der Waals surface area contributed by atoms with E-state index in [2.05, 4.69) is 0 Å². The first-order valence-corrected chi connectivity index (χ1v) is 8.76. The van der Waals surface area contributed by atoms with Gasteiger partial charge in [-0.2, -0.15) is 0 Å². The summed E-state index contributed by atoms with van der Waals surface area (Å²) >= 11 is 0. The molecule has 0 aliphatic carbocycles. The third kappa shape index (κ3) is 5.77. The monoisotopic (exact) mass is 306 g/mol. The predicted octanol–water partition coefficient (Wildman–Crippen LogP) is 0.112. The van der Waals surface area contributed by atoms with Crippen LogP contribution in [0.4, 0.5) is 4.79 Å². The summed E-state index contributed by atoms with van der Waals surface area (Å²) in [5.74, 6) is -0.0289. The van der Waals surface area contributed by atoms with Crippen LogP contribution in [0.15, 0.2) is 0 Å². The smallest absolute Gasteiger partial charge is 0.409 e. The molecule has 0 aromatic heterocycles. The van der Waals surface area contributed by atoms with Gasteiger partial charge < -0.3 is 14.5 Å². The van der Waals surface area contributed by atoms with Gasteiger partial charge in [0.25, 0.3) is 0 Å². The molecule has 7 nitrogen and oxygen atoms in total. The molecule has 0 unspecified atom stereocenters. The lowest BCUT2D eigenvalue weighted by atomic mass is 10.2. The van der Waals surface area contributed by atoms with Crippen LogP contribution >= 0.6 is 0 Å². The van der Waals surface area contributed by atoms with Crippen molar-refractivity contribution < 1.29 is 22.7 Å². The van der Waals surface area contributed by atoms with Gasteiger partial charge in [0.05, 0.1) is 12.4 Å². The van der Waals surface area contributed by atoms with Crippen molar-refractivity contribution in [2.75, 3.05) is 44.8 Å². The van der Waals surface area contributed by atoms with E-state index in [1.165, 1.54) is 0 Å². The standard InChI is InChI=1S/C12H22N2O5S/c1-3-19-12(16)14-8-6-13(7-9-14)11(15)5-4-10-20(2,17)18/h3-10H2,1-2H3. The average molecular weight is 306 g/mol. The number of ether oxygens (including phenoxy) is 1. The summed E-state index contributed by atoms with van der Waals surface area (Å²) in [5.41, 5.74) is 0. The highest BCUT2D eigenvalue weighted by Crippen LogP contribution is 2.07. The maximum absolute atomic E-state index is 11.9. The summed E-state index contributed by atoms with van der Waals surface area (Å²) in [4.78, 5) is 26.6. The van der Waals surface area contributed by atoms with Gasteiger partial charge in [0.2, 0.25) is 5.91 Å². The van der Waals surface area contributed by atoms with E-state index in [9.17, 15) is 18.0 Å². The SMILES string of the molecule is CCOC(=O)N1CCN(C(=O)CCCS(C)(=O)=O)CC1. The second kappa shape index (κ2) is 7.47. The minimum atomic E-state index is -3.02. The van der Waals surface area contributed by atoms with Gasteiger partial charge in [-0.1, -0.05) is 0 Å². The Kier molecular flexibility index (Phi) is 6.25. The molecule has 1 aliphatic heterocycles. The van der Waals surface area contributed by atoms with E-state index in [4.69, 9.17) is 4.74 Å². The Labute approximate surface area is 119 Å². The maximum atomic E-state index is 11.9. The number of rotatable bonds is 5. The molecule has 2 amide bonds. The fraction of sp³-hybridized carbons (Fsp3) is 0.833. The summed E-state index contributed by atoms with van der Waals surface area (Å²) in [5, 5.41) is 0. The topological polar surface area (TPSA) is 84.0 Å². The van der Waals surface area contributed by atoms with E-state index in [1.807, 2.05) is 0 Å². The zero-order valence-corrected chi connectivity index (χ0v) is 12.8. The molecule has 0 bridgehead atoms. The molecule has 1 rings (SSSR count). The van der Waals surface area contributed by atoms with Gasteiger partial charge in [0.1, 0.15) is 9.84 Å². The first-order valence-electron chi connectivity index (χ1n) is 6.70. The molecule has 1 saturated heterocycles. The van der Waals surface area contributed by atoms with Crippen molar-refractivity contribution in [2.24, 2.45) is 0 Å². The van der Waals surface area contributed by atoms with Crippen LogP contribution in [0.25, 0.3) is 0 Å². The Morgan fingerprint density at radius 2 is 1.65 bits per heavy atom. The summed E-state index contributed by atoms with van der Waals surface area (Å²) in [6.45, 7) is 3.93. The van der Waals surface area contributed by atoms with Crippen LogP contribution in [0.1, 0.15) is 19.8 Å². The lowest BCUT2D eigenvalue weighted by Gasteiger charge is -2.34. The van der Waals surface area contributed by atoms with Gasteiger partial charge in [-0.25, -0.2) is 13.2 Å². The third-order valence-corrected chi connectivity index (χ3v) is 4.09. The fourth-order valence-corrected chi connectivity index (χ4v) is 2.67. The molecule has 1 heterocycles. The lowest BCUT2D eigenvalue weighted by molar-refractivity contribution is -0.132. The van der Waals surface area contributed by atoms with Crippen LogP contribution in [0.5, 0.6) is 0 Å². The molecule has 0 aromatic rings. The summed E-state index contributed by atoms with van der Waals surface area (Å²) in [6.07, 6.45) is 1.38. The lowest BCUT2D eigenvalue weighted by Crippen LogP contribution is -2.50. The molecule has 0 saturated carbocycles. The summed E-state index contributed by atoms with van der Waals surface area (Å²) in [7, 11) is -3.02. The molecule has 1 fully saturated rings. The van der Waals surface area contributed by atoms with E-state index in [1.54, 1.807) is 16.7 Å². The second-order valence-corrected chi connectivity index (χ2v) is 7.06. The molecule has 0 aromatic carbocycles. The second-order valence-electron chi connectivity index (χ2n) is 4.80. The van der Waals surface area contributed by atoms with E-state index in [0.717, 1.165) is 6.26 Å². The Morgan fingerprint density at radius 1 is 1.10 bits per heavy atom. The molecule has 1 aliphatic rings. The first kappa shape index (κ1) is 16.7. The van der Waals surface area contributed by atoms with E-state index in [0.29, 0.717) is 39.2 Å². The molecule has 116 valence electrons. The Morgan fingerprint density at radius 3 is 2.15 bits per heavy atom. The summed E-state index contributed by atoms with van der Waals surface area (Å²) in [6, 6.07) is 0. The quantitative estimate of drug-likeness (QED) is 0.720. The minimum Gasteiger partial charge on any atom is -0.450 e. The van der Waals surface area contributed by atoms with Crippen molar-refractivity contribution in [1.82, 2.24) is 9.80 Å². The van der Waals surface area contributed by atoms with Crippen LogP contribution in [0.2, 0.25) is 0 Å². The minimum absolute atomic E-state index is 0.0293. The van der Waals surface area contributed by atoms with Crippen molar-refractivity contribution in [3.05, 3.63) is 0 Å². The van der Waals surface area contributed by atoms with Crippen LogP contribution in [-0.4, -0.2) is 75.0 Å². The molecule has 0 atom stereocenters. The van der Waals surface area contributed by atoms with Gasteiger partial charge >= 0.3 is 6.09 Å². The first-order chi connectivity index (χ1) is 9.33. The molecule has 0 N–H and O–H groups in total. The average Bonchev–Trinajstić information content (AvgIpc) is 2.37. The van der Waals surface area contributed by atoms with Gasteiger partial charge in [-0.05, 0) is 13.3 Å². The van der Waals surface area contributed by atoms with Crippen molar-refractivity contribution in [2.45, 2.75) is 19.8 Å². The van der Waals surface area contributed by atoms with Crippen molar-refractivity contribution in [3.63, 3.8) is 0 Å². The molecule has 20 heavy (non-hydrogen) atoms.